The number of hydrogen-bond donors (Lipinski definition) is 0. The molecule has 6 aromatic rings. The van der Waals surface area contributed by atoms with Crippen molar-refractivity contribution in [1.82, 2.24) is 0 Å². The van der Waals surface area contributed by atoms with Gasteiger partial charge in [-0.2, -0.15) is 0 Å². The normalized spacial score (nSPS) is 13.1. The highest BCUT2D eigenvalue weighted by Crippen LogP contribution is 2.52. The maximum atomic E-state index is 14.3. The van der Waals surface area contributed by atoms with Crippen molar-refractivity contribution in [3.05, 3.63) is 97.1 Å². The zero-order chi connectivity index (χ0) is 25.0. The highest BCUT2D eigenvalue weighted by atomic mass is 31.1. The van der Waals surface area contributed by atoms with Crippen LogP contribution in [0.5, 0.6) is 0 Å². The number of benzene rings is 4. The minimum atomic E-state index is -1.10. The van der Waals surface area contributed by atoms with E-state index in [0.29, 0.717) is 0 Å². The molecule has 4 aromatic carbocycles. The summed E-state index contributed by atoms with van der Waals surface area (Å²) in [5, 5.41) is 9.76. The Morgan fingerprint density at radius 3 is 1.44 bits per heavy atom. The van der Waals surface area contributed by atoms with Crippen LogP contribution in [0.2, 0.25) is 0 Å². The van der Waals surface area contributed by atoms with Crippen LogP contribution < -0.4 is 9.19 Å². The molecule has 0 fully saturated rings. The molecule has 0 radical (unpaired) electrons. The first-order chi connectivity index (χ1) is 17.4. The van der Waals surface area contributed by atoms with E-state index in [2.05, 4.69) is 118 Å². The van der Waals surface area contributed by atoms with Crippen LogP contribution in [0.1, 0.15) is 20.8 Å². The molecule has 0 aliphatic heterocycles. The van der Waals surface area contributed by atoms with Gasteiger partial charge in [0, 0.05) is 35.3 Å². The van der Waals surface area contributed by atoms with Crippen molar-refractivity contribution in [3.63, 3.8) is 0 Å². The second-order valence-corrected chi connectivity index (χ2v) is 14.3. The summed E-state index contributed by atoms with van der Waals surface area (Å²) in [5.41, 5.74) is -0.367. The minimum absolute atomic E-state index is 0.0458. The zero-order valence-electron chi connectivity index (χ0n) is 21.0. The van der Waals surface area contributed by atoms with Crippen molar-refractivity contribution in [2.75, 3.05) is 11.7 Å². The predicted molar refractivity (Wildman–Crippen MR) is 157 cm³/mol. The second kappa shape index (κ2) is 8.79. The maximum absolute atomic E-state index is 14.3. The van der Waals surface area contributed by atoms with Crippen molar-refractivity contribution in [1.29, 1.82) is 0 Å². The number of amides is 1. The van der Waals surface area contributed by atoms with Crippen LogP contribution in [0.25, 0.3) is 42.0 Å². The fraction of sp³-hybridized carbons (Fsp3) is 0.194. The third-order valence-corrected chi connectivity index (χ3v) is 11.5. The molecule has 0 aliphatic carbocycles. The highest BCUT2D eigenvalue weighted by Gasteiger charge is 2.37. The van der Waals surface area contributed by atoms with Crippen LogP contribution in [-0.4, -0.2) is 19.1 Å². The first-order valence-corrected chi connectivity index (χ1v) is 14.8. The van der Waals surface area contributed by atoms with E-state index in [-0.39, 0.29) is 11.3 Å². The van der Waals surface area contributed by atoms with E-state index in [1.54, 1.807) is 0 Å². The highest BCUT2D eigenvalue weighted by molar-refractivity contribution is 7.63. The summed E-state index contributed by atoms with van der Waals surface area (Å²) in [6, 6.07) is 33.9. The molecule has 0 saturated heterocycles. The van der Waals surface area contributed by atoms with E-state index in [4.69, 9.17) is 4.52 Å². The lowest BCUT2D eigenvalue weighted by molar-refractivity contribution is -0.126. The van der Waals surface area contributed by atoms with Crippen LogP contribution in [0, 0.1) is 5.41 Å². The van der Waals surface area contributed by atoms with Crippen molar-refractivity contribution in [3.8, 4) is 0 Å². The Balaban J connectivity index is 1.49. The smallest absolute Gasteiger partial charge is 0.260 e. The number of carbonyl (C=O) groups excluding carboxylic acids is 1. The van der Waals surface area contributed by atoms with Crippen molar-refractivity contribution in [2.24, 2.45) is 5.41 Å². The van der Waals surface area contributed by atoms with Gasteiger partial charge >= 0.3 is 0 Å². The second-order valence-electron chi connectivity index (χ2n) is 10.4. The van der Waals surface area contributed by atoms with Gasteiger partial charge < -0.3 is 4.52 Å². The van der Waals surface area contributed by atoms with Gasteiger partial charge in [-0.15, -0.1) is 0 Å². The number of rotatable bonds is 4. The molecule has 0 aliphatic rings. The molecule has 1 amide bonds. The lowest BCUT2D eigenvalue weighted by Gasteiger charge is -2.33. The minimum Gasteiger partial charge on any atom is -0.317 e. The van der Waals surface area contributed by atoms with E-state index in [1.165, 1.54) is 42.0 Å². The van der Waals surface area contributed by atoms with Gasteiger partial charge in [0.25, 0.3) is 5.91 Å². The molecule has 5 heteroatoms. The van der Waals surface area contributed by atoms with Gasteiger partial charge in [0.05, 0.1) is 0 Å². The van der Waals surface area contributed by atoms with Crippen molar-refractivity contribution >= 4 is 63.4 Å². The van der Waals surface area contributed by atoms with Crippen LogP contribution >= 0.6 is 15.4 Å². The van der Waals surface area contributed by atoms with Gasteiger partial charge in [0.15, 0.2) is 6.10 Å². The van der Waals surface area contributed by atoms with Crippen molar-refractivity contribution < 1.29 is 9.32 Å². The first-order valence-electron chi connectivity index (χ1n) is 12.3. The quantitative estimate of drug-likeness (QED) is 0.237. The van der Waals surface area contributed by atoms with E-state index < -0.39 is 21.5 Å². The number of carbonyl (C=O) groups is 1. The molecule has 0 N–H and O–H groups in total. The maximum Gasteiger partial charge on any atom is 0.260 e. The molecule has 2 aromatic heterocycles. The van der Waals surface area contributed by atoms with E-state index in [1.807, 2.05) is 11.7 Å². The summed E-state index contributed by atoms with van der Waals surface area (Å²) >= 11 is 0. The third kappa shape index (κ3) is 3.66. The largest absolute Gasteiger partial charge is 0.317 e. The summed E-state index contributed by atoms with van der Waals surface area (Å²) in [7, 11) is -0.107. The molecule has 0 bridgehead atoms. The van der Waals surface area contributed by atoms with Gasteiger partial charge in [0.2, 0.25) is 0 Å². The van der Waals surface area contributed by atoms with Crippen molar-refractivity contribution in [2.45, 2.75) is 26.9 Å². The molecule has 36 heavy (non-hydrogen) atoms. The Labute approximate surface area is 213 Å². The fourth-order valence-electron chi connectivity index (χ4n) is 5.17. The Morgan fingerprint density at radius 2 is 1.03 bits per heavy atom. The molecule has 180 valence electrons. The summed E-state index contributed by atoms with van der Waals surface area (Å²) in [5.74, 6) is 0.0458. The molecule has 0 spiro atoms. The monoisotopic (exact) mass is 509 g/mol. The SMILES string of the molecule is CN(C(=O)[C@@H](Op1c2ccccc2c2ccccc21)C(C)(C)C)p1c2ccccc2c2ccccc21. The zero-order valence-corrected chi connectivity index (χ0v) is 22.8. The first kappa shape index (κ1) is 23.3. The lowest BCUT2D eigenvalue weighted by atomic mass is 9.89. The predicted octanol–water partition coefficient (Wildman–Crippen LogP) is 8.91. The molecule has 6 rings (SSSR count). The number of fused-ring (bicyclic) bond motifs is 6. The molecule has 0 saturated carbocycles. The topological polar surface area (TPSA) is 29.5 Å². The average Bonchev–Trinajstić information content (AvgIpc) is 3.39. The summed E-state index contributed by atoms with van der Waals surface area (Å²) in [6.07, 6.45) is -0.574. The molecule has 1 atom stereocenters. The average molecular weight is 510 g/mol. The number of nitrogens with zero attached hydrogens (tertiary/aromatic N) is 1. The van der Waals surface area contributed by atoms with E-state index in [0.717, 1.165) is 0 Å². The molecule has 2 heterocycles. The molecule has 3 nitrogen and oxygen atoms in total. The van der Waals surface area contributed by atoms with Gasteiger partial charge in [-0.3, -0.25) is 9.46 Å². The van der Waals surface area contributed by atoms with Crippen LogP contribution in [0.3, 0.4) is 0 Å². The standard InChI is InChI=1S/C31H29NO2P2/c1-31(2,3)29(34-36-27-19-11-7-15-23(27)24-16-8-12-20-28(24)36)30(33)32(4)35-25-17-9-5-13-21(25)22-14-6-10-18-26(22)35/h5-20,29H,1-4H3/t29-/m1/s1. The fourth-order valence-corrected chi connectivity index (χ4v) is 10.1. The van der Waals surface area contributed by atoms with Crippen LogP contribution in [0.4, 0.5) is 0 Å². The Bertz CT molecular complexity index is 1650. The Morgan fingerprint density at radius 1 is 0.667 bits per heavy atom. The summed E-state index contributed by atoms with van der Waals surface area (Å²) in [6.45, 7) is 6.32. The van der Waals surface area contributed by atoms with E-state index in [9.17, 15) is 4.79 Å². The van der Waals surface area contributed by atoms with Gasteiger partial charge in [-0.05, 0) is 58.9 Å². The van der Waals surface area contributed by atoms with Gasteiger partial charge in [-0.1, -0.05) is 93.6 Å². The number of hydrogen-bond acceptors (Lipinski definition) is 2. The lowest BCUT2D eigenvalue weighted by Crippen LogP contribution is -2.46. The summed E-state index contributed by atoms with van der Waals surface area (Å²) in [4.78, 5) is 14.3. The van der Waals surface area contributed by atoms with Crippen LogP contribution in [0.15, 0.2) is 97.1 Å². The molecular weight excluding hydrogens is 480 g/mol. The van der Waals surface area contributed by atoms with Gasteiger partial charge in [0.1, 0.15) is 0 Å². The number of likely N-dealkylation sites (N-methyl/N-ethyl adjacent to an activating group) is 1. The molecule has 0 unspecified atom stereocenters. The summed E-state index contributed by atoms with van der Waals surface area (Å²) < 4.78 is 8.90. The third-order valence-electron chi connectivity index (χ3n) is 6.93. The molecular formula is C31H29NO2P2. The van der Waals surface area contributed by atoms with Crippen LogP contribution in [-0.2, 0) is 4.79 Å². The van der Waals surface area contributed by atoms with E-state index >= 15 is 0 Å². The van der Waals surface area contributed by atoms with Gasteiger partial charge in [-0.25, -0.2) is 0 Å². The Hall–Kier alpha value is -3.09. The Kier molecular flexibility index (Phi) is 5.69.